The van der Waals surface area contributed by atoms with Crippen LogP contribution in [0.2, 0.25) is 0 Å². The number of hydrogen-bond donors (Lipinski definition) is 1. The third-order valence-electron chi connectivity index (χ3n) is 3.46. The SMILES string of the molecule is COC(=O)C(O)(c1cccc(Br)c1)C1CCC1. The maximum atomic E-state index is 11.9. The predicted octanol–water partition coefficient (Wildman–Crippen LogP) is 2.61. The molecular weight excluding hydrogens is 284 g/mol. The maximum absolute atomic E-state index is 11.9. The molecule has 0 aliphatic heterocycles. The molecule has 3 nitrogen and oxygen atoms in total. The van der Waals surface area contributed by atoms with Crippen LogP contribution in [0.25, 0.3) is 0 Å². The number of carbonyl (C=O) groups is 1. The Morgan fingerprint density at radius 3 is 2.71 bits per heavy atom. The molecule has 1 N–H and O–H groups in total. The summed E-state index contributed by atoms with van der Waals surface area (Å²) in [5, 5.41) is 10.7. The monoisotopic (exact) mass is 298 g/mol. The van der Waals surface area contributed by atoms with E-state index in [1.807, 2.05) is 12.1 Å². The fourth-order valence-corrected chi connectivity index (χ4v) is 2.63. The highest BCUT2D eigenvalue weighted by atomic mass is 79.9. The van der Waals surface area contributed by atoms with E-state index in [1.165, 1.54) is 7.11 Å². The smallest absolute Gasteiger partial charge is 0.342 e. The lowest BCUT2D eigenvalue weighted by Gasteiger charge is -2.39. The molecule has 0 amide bonds. The van der Waals surface area contributed by atoms with E-state index < -0.39 is 11.6 Å². The molecule has 1 aromatic carbocycles. The highest BCUT2D eigenvalue weighted by molar-refractivity contribution is 9.10. The molecular formula is C13H15BrO3. The third-order valence-corrected chi connectivity index (χ3v) is 3.95. The summed E-state index contributed by atoms with van der Waals surface area (Å²) in [7, 11) is 1.31. The third kappa shape index (κ3) is 2.11. The molecule has 1 aliphatic rings. The molecule has 0 heterocycles. The molecule has 1 saturated carbocycles. The lowest BCUT2D eigenvalue weighted by molar-refractivity contribution is -0.175. The van der Waals surface area contributed by atoms with Crippen LogP contribution in [0.15, 0.2) is 28.7 Å². The Hall–Kier alpha value is -0.870. The number of hydrogen-bond acceptors (Lipinski definition) is 3. The number of benzene rings is 1. The Bertz CT molecular complexity index is 428. The maximum Gasteiger partial charge on any atom is 0.342 e. The number of esters is 1. The Labute approximate surface area is 109 Å². The normalized spacial score (nSPS) is 19.2. The summed E-state index contributed by atoms with van der Waals surface area (Å²) in [6.07, 6.45) is 2.77. The highest BCUT2D eigenvalue weighted by Crippen LogP contribution is 2.43. The van der Waals surface area contributed by atoms with E-state index in [0.717, 1.165) is 23.7 Å². The first kappa shape index (κ1) is 12.6. The van der Waals surface area contributed by atoms with E-state index in [0.29, 0.717) is 5.56 Å². The van der Waals surface area contributed by atoms with Crippen molar-refractivity contribution in [3.05, 3.63) is 34.3 Å². The summed E-state index contributed by atoms with van der Waals surface area (Å²) in [6, 6.07) is 7.21. The second-order valence-electron chi connectivity index (χ2n) is 4.40. The van der Waals surface area contributed by atoms with E-state index >= 15 is 0 Å². The fraction of sp³-hybridized carbons (Fsp3) is 0.462. The number of ether oxygens (including phenoxy) is 1. The Kier molecular flexibility index (Phi) is 3.54. The summed E-state index contributed by atoms with van der Waals surface area (Å²) in [5.41, 5.74) is -0.903. The zero-order valence-electron chi connectivity index (χ0n) is 9.65. The standard InChI is InChI=1S/C13H15BrO3/c1-17-12(15)13(16,9-4-2-5-9)10-6-3-7-11(14)8-10/h3,6-9,16H,2,4-5H2,1H3. The van der Waals surface area contributed by atoms with Gasteiger partial charge >= 0.3 is 5.97 Å². The molecule has 0 bridgehead atoms. The number of halogens is 1. The van der Waals surface area contributed by atoms with E-state index in [4.69, 9.17) is 4.74 Å². The highest BCUT2D eigenvalue weighted by Gasteiger charge is 2.48. The van der Waals surface area contributed by atoms with Gasteiger partial charge in [-0.2, -0.15) is 0 Å². The fourth-order valence-electron chi connectivity index (χ4n) is 2.23. The number of aliphatic hydroxyl groups is 1. The Morgan fingerprint density at radius 2 is 2.24 bits per heavy atom. The molecule has 0 radical (unpaired) electrons. The van der Waals surface area contributed by atoms with Gasteiger partial charge in [0, 0.05) is 10.4 Å². The van der Waals surface area contributed by atoms with Gasteiger partial charge in [-0.3, -0.25) is 0 Å². The van der Waals surface area contributed by atoms with Gasteiger partial charge in [-0.05, 0) is 30.5 Å². The van der Waals surface area contributed by atoms with Crippen LogP contribution in [0.1, 0.15) is 24.8 Å². The zero-order valence-corrected chi connectivity index (χ0v) is 11.2. The number of methoxy groups -OCH3 is 1. The summed E-state index contributed by atoms with van der Waals surface area (Å²) < 4.78 is 5.61. The summed E-state index contributed by atoms with van der Waals surface area (Å²) in [4.78, 5) is 11.9. The van der Waals surface area contributed by atoms with E-state index in [2.05, 4.69) is 15.9 Å². The van der Waals surface area contributed by atoms with E-state index in [1.54, 1.807) is 12.1 Å². The Balaban J connectivity index is 2.42. The molecule has 2 rings (SSSR count). The van der Waals surface area contributed by atoms with Gasteiger partial charge in [0.05, 0.1) is 7.11 Å². The van der Waals surface area contributed by atoms with Crippen molar-refractivity contribution in [2.24, 2.45) is 5.92 Å². The molecule has 0 saturated heterocycles. The molecule has 92 valence electrons. The van der Waals surface area contributed by atoms with Crippen LogP contribution in [0.5, 0.6) is 0 Å². The average molecular weight is 299 g/mol. The van der Waals surface area contributed by atoms with Crippen molar-refractivity contribution < 1.29 is 14.6 Å². The minimum Gasteiger partial charge on any atom is -0.467 e. The second-order valence-corrected chi connectivity index (χ2v) is 5.31. The van der Waals surface area contributed by atoms with E-state index in [-0.39, 0.29) is 5.92 Å². The van der Waals surface area contributed by atoms with E-state index in [9.17, 15) is 9.90 Å². The van der Waals surface area contributed by atoms with Crippen LogP contribution in [0, 0.1) is 5.92 Å². The van der Waals surface area contributed by atoms with Crippen molar-refractivity contribution in [1.82, 2.24) is 0 Å². The van der Waals surface area contributed by atoms with Gasteiger partial charge in [0.25, 0.3) is 0 Å². The zero-order chi connectivity index (χ0) is 12.5. The molecule has 0 spiro atoms. The van der Waals surface area contributed by atoms with Crippen molar-refractivity contribution in [1.29, 1.82) is 0 Å². The average Bonchev–Trinajstić information content (AvgIpc) is 2.25. The molecule has 1 fully saturated rings. The van der Waals surface area contributed by atoms with Gasteiger partial charge in [0.2, 0.25) is 0 Å². The number of rotatable bonds is 3. The first-order valence-corrected chi connectivity index (χ1v) is 6.45. The molecule has 1 aliphatic carbocycles. The minimum atomic E-state index is -1.50. The van der Waals surface area contributed by atoms with Crippen molar-refractivity contribution in [3.8, 4) is 0 Å². The van der Waals surface area contributed by atoms with Crippen molar-refractivity contribution in [2.75, 3.05) is 7.11 Å². The molecule has 1 unspecified atom stereocenters. The van der Waals surface area contributed by atoms with Crippen molar-refractivity contribution in [2.45, 2.75) is 24.9 Å². The minimum absolute atomic E-state index is 0.0377. The van der Waals surface area contributed by atoms with Crippen molar-refractivity contribution >= 4 is 21.9 Å². The predicted molar refractivity (Wildman–Crippen MR) is 67.4 cm³/mol. The Morgan fingerprint density at radius 1 is 1.53 bits per heavy atom. The lowest BCUT2D eigenvalue weighted by atomic mass is 9.69. The van der Waals surface area contributed by atoms with Crippen molar-refractivity contribution in [3.63, 3.8) is 0 Å². The van der Waals surface area contributed by atoms with Gasteiger partial charge in [-0.1, -0.05) is 34.5 Å². The molecule has 4 heteroatoms. The van der Waals surface area contributed by atoms with Crippen LogP contribution in [-0.4, -0.2) is 18.2 Å². The van der Waals surface area contributed by atoms with Crippen LogP contribution < -0.4 is 0 Å². The van der Waals surface area contributed by atoms with Crippen LogP contribution in [0.3, 0.4) is 0 Å². The van der Waals surface area contributed by atoms with Crippen LogP contribution in [-0.2, 0) is 15.1 Å². The largest absolute Gasteiger partial charge is 0.467 e. The molecule has 17 heavy (non-hydrogen) atoms. The summed E-state index contributed by atoms with van der Waals surface area (Å²) in [5.74, 6) is -0.607. The first-order chi connectivity index (χ1) is 8.09. The van der Waals surface area contributed by atoms with Crippen LogP contribution in [0.4, 0.5) is 0 Å². The van der Waals surface area contributed by atoms with Crippen LogP contribution >= 0.6 is 15.9 Å². The summed E-state index contributed by atoms with van der Waals surface area (Å²) in [6.45, 7) is 0. The summed E-state index contributed by atoms with van der Waals surface area (Å²) >= 11 is 3.35. The quantitative estimate of drug-likeness (QED) is 0.873. The topological polar surface area (TPSA) is 46.5 Å². The molecule has 1 aromatic rings. The first-order valence-electron chi connectivity index (χ1n) is 5.66. The van der Waals surface area contributed by atoms with Gasteiger partial charge in [-0.15, -0.1) is 0 Å². The van der Waals surface area contributed by atoms with Gasteiger partial charge in [0.15, 0.2) is 5.60 Å². The van der Waals surface area contributed by atoms with Gasteiger partial charge in [0.1, 0.15) is 0 Å². The molecule has 1 atom stereocenters. The van der Waals surface area contributed by atoms with Gasteiger partial charge < -0.3 is 9.84 Å². The second kappa shape index (κ2) is 4.78. The lowest BCUT2D eigenvalue weighted by Crippen LogP contribution is -2.46. The molecule has 0 aromatic heterocycles. The van der Waals surface area contributed by atoms with Gasteiger partial charge in [-0.25, -0.2) is 4.79 Å². The number of carbonyl (C=O) groups excluding carboxylic acids is 1.